The van der Waals surface area contributed by atoms with Gasteiger partial charge in [-0.25, -0.2) is 4.79 Å². The van der Waals surface area contributed by atoms with Gasteiger partial charge in [0.25, 0.3) is 0 Å². The van der Waals surface area contributed by atoms with Crippen molar-refractivity contribution in [1.82, 2.24) is 0 Å². The van der Waals surface area contributed by atoms with E-state index in [0.29, 0.717) is 16.3 Å². The predicted octanol–water partition coefficient (Wildman–Crippen LogP) is 3.90. The van der Waals surface area contributed by atoms with Gasteiger partial charge in [-0.2, -0.15) is 0 Å². The monoisotopic (exact) mass is 289 g/mol. The number of aldehydes is 1. The largest absolute Gasteiger partial charge is 0.444 e. The number of carbonyl (C=O) groups excluding carboxylic acids is 2. The van der Waals surface area contributed by atoms with Crippen LogP contribution in [0.25, 0.3) is 0 Å². The lowest BCUT2D eigenvalue weighted by Gasteiger charge is -2.07. The summed E-state index contributed by atoms with van der Waals surface area (Å²) < 4.78 is 5.06. The van der Waals surface area contributed by atoms with Gasteiger partial charge < -0.3 is 4.74 Å². The Kier molecular flexibility index (Phi) is 4.74. The molecule has 2 aromatic carbocycles. The predicted molar refractivity (Wildman–Crippen MR) is 77.1 cm³/mol. The van der Waals surface area contributed by atoms with Gasteiger partial charge in [0.05, 0.1) is 0 Å². The van der Waals surface area contributed by atoms with Crippen molar-refractivity contribution < 1.29 is 14.3 Å². The molecule has 1 N–H and O–H groups in total. The summed E-state index contributed by atoms with van der Waals surface area (Å²) in [5.74, 6) is 0. The zero-order valence-corrected chi connectivity index (χ0v) is 11.3. The molecule has 1 amide bonds. The highest BCUT2D eigenvalue weighted by atomic mass is 35.5. The van der Waals surface area contributed by atoms with Crippen LogP contribution in [0.5, 0.6) is 0 Å². The first kappa shape index (κ1) is 14.1. The van der Waals surface area contributed by atoms with E-state index in [1.165, 1.54) is 0 Å². The van der Waals surface area contributed by atoms with Crippen molar-refractivity contribution in [2.45, 2.75) is 6.61 Å². The van der Waals surface area contributed by atoms with Gasteiger partial charge in [-0.1, -0.05) is 41.9 Å². The number of benzene rings is 2. The quantitative estimate of drug-likeness (QED) is 0.869. The summed E-state index contributed by atoms with van der Waals surface area (Å²) in [6.07, 6.45) is 0.197. The summed E-state index contributed by atoms with van der Waals surface area (Å²) in [6.45, 7) is 0.130. The molecule has 0 spiro atoms. The van der Waals surface area contributed by atoms with Crippen LogP contribution in [0.3, 0.4) is 0 Å². The minimum absolute atomic E-state index is 0.130. The number of nitrogens with one attached hydrogen (secondary N) is 1. The van der Waals surface area contributed by atoms with Gasteiger partial charge in [0.2, 0.25) is 0 Å². The Morgan fingerprint density at radius 1 is 1.20 bits per heavy atom. The molecule has 5 heteroatoms. The number of hydrogen-bond donors (Lipinski definition) is 1. The standard InChI is InChI=1S/C15H12ClNO3/c16-13-2-1-3-14(8-13)17-15(19)20-10-12-6-4-11(9-18)5-7-12/h1-9H,10H2,(H,17,19). The molecule has 0 aromatic heterocycles. The fourth-order valence-electron chi connectivity index (χ4n) is 1.56. The van der Waals surface area contributed by atoms with Gasteiger partial charge in [0.1, 0.15) is 12.9 Å². The maximum atomic E-state index is 11.6. The highest BCUT2D eigenvalue weighted by Gasteiger charge is 2.04. The first-order chi connectivity index (χ1) is 9.67. The molecule has 0 aliphatic carbocycles. The van der Waals surface area contributed by atoms with E-state index < -0.39 is 6.09 Å². The number of hydrogen-bond acceptors (Lipinski definition) is 3. The molecule has 2 rings (SSSR count). The molecule has 0 bridgehead atoms. The van der Waals surface area contributed by atoms with Crippen molar-refractivity contribution in [3.63, 3.8) is 0 Å². The molecule has 0 aliphatic heterocycles. The van der Waals surface area contributed by atoms with Gasteiger partial charge in [0, 0.05) is 16.3 Å². The molecular formula is C15H12ClNO3. The number of carbonyl (C=O) groups is 2. The van der Waals surface area contributed by atoms with Crippen LogP contribution in [0.15, 0.2) is 48.5 Å². The zero-order chi connectivity index (χ0) is 14.4. The molecule has 0 atom stereocenters. The number of anilines is 1. The van der Waals surface area contributed by atoms with Gasteiger partial charge in [-0.15, -0.1) is 0 Å². The maximum absolute atomic E-state index is 11.6. The SMILES string of the molecule is O=Cc1ccc(COC(=O)Nc2cccc(Cl)c2)cc1. The van der Waals surface area contributed by atoms with E-state index in [1.807, 2.05) is 0 Å². The van der Waals surface area contributed by atoms with Gasteiger partial charge in [0.15, 0.2) is 0 Å². The van der Waals surface area contributed by atoms with Crippen molar-refractivity contribution >= 4 is 29.7 Å². The Morgan fingerprint density at radius 2 is 1.95 bits per heavy atom. The average Bonchev–Trinajstić information content (AvgIpc) is 2.46. The van der Waals surface area contributed by atoms with Crippen LogP contribution in [0.1, 0.15) is 15.9 Å². The van der Waals surface area contributed by atoms with E-state index >= 15 is 0 Å². The molecular weight excluding hydrogens is 278 g/mol. The number of rotatable bonds is 4. The third-order valence-corrected chi connectivity index (χ3v) is 2.79. The second-order valence-corrected chi connectivity index (χ2v) is 4.51. The number of ether oxygens (including phenoxy) is 1. The summed E-state index contributed by atoms with van der Waals surface area (Å²) in [6, 6.07) is 13.6. The Hall–Kier alpha value is -2.33. The molecule has 0 fully saturated rings. The van der Waals surface area contributed by atoms with Crippen molar-refractivity contribution in [3.8, 4) is 0 Å². The average molecular weight is 290 g/mol. The lowest BCUT2D eigenvalue weighted by atomic mass is 10.2. The third kappa shape index (κ3) is 4.10. The summed E-state index contributed by atoms with van der Waals surface area (Å²) in [7, 11) is 0. The van der Waals surface area contributed by atoms with Crippen LogP contribution in [0.2, 0.25) is 5.02 Å². The molecule has 2 aromatic rings. The van der Waals surface area contributed by atoms with E-state index in [4.69, 9.17) is 16.3 Å². The Bertz CT molecular complexity index is 611. The van der Waals surface area contributed by atoms with E-state index in [2.05, 4.69) is 5.32 Å². The van der Waals surface area contributed by atoms with Crippen molar-refractivity contribution in [3.05, 3.63) is 64.7 Å². The smallest absolute Gasteiger partial charge is 0.411 e. The van der Waals surface area contributed by atoms with Crippen molar-refractivity contribution in [2.75, 3.05) is 5.32 Å². The third-order valence-electron chi connectivity index (χ3n) is 2.56. The van der Waals surface area contributed by atoms with E-state index in [-0.39, 0.29) is 6.61 Å². The zero-order valence-electron chi connectivity index (χ0n) is 10.5. The summed E-state index contributed by atoms with van der Waals surface area (Å²) in [5.41, 5.74) is 1.95. The second-order valence-electron chi connectivity index (χ2n) is 4.07. The molecule has 4 nitrogen and oxygen atoms in total. The molecule has 0 unspecified atom stereocenters. The van der Waals surface area contributed by atoms with Crippen LogP contribution in [0.4, 0.5) is 10.5 Å². The Morgan fingerprint density at radius 3 is 2.60 bits per heavy atom. The minimum Gasteiger partial charge on any atom is -0.444 e. The fraction of sp³-hybridized carbons (Fsp3) is 0.0667. The van der Waals surface area contributed by atoms with Crippen molar-refractivity contribution in [2.24, 2.45) is 0 Å². The minimum atomic E-state index is -0.563. The molecule has 102 valence electrons. The van der Waals surface area contributed by atoms with Gasteiger partial charge in [-0.05, 0) is 23.8 Å². The molecule has 0 saturated heterocycles. The van der Waals surface area contributed by atoms with Crippen LogP contribution in [-0.2, 0) is 11.3 Å². The molecule has 0 radical (unpaired) electrons. The van der Waals surface area contributed by atoms with E-state index in [0.717, 1.165) is 11.8 Å². The number of amides is 1. The van der Waals surface area contributed by atoms with Crippen LogP contribution in [0, 0.1) is 0 Å². The summed E-state index contributed by atoms with van der Waals surface area (Å²) >= 11 is 5.81. The first-order valence-corrected chi connectivity index (χ1v) is 6.28. The highest BCUT2D eigenvalue weighted by molar-refractivity contribution is 6.30. The lowest BCUT2D eigenvalue weighted by Crippen LogP contribution is -2.13. The summed E-state index contributed by atoms with van der Waals surface area (Å²) in [5, 5.41) is 3.11. The van der Waals surface area contributed by atoms with Gasteiger partial charge in [-0.3, -0.25) is 10.1 Å². The van der Waals surface area contributed by atoms with Crippen molar-refractivity contribution in [1.29, 1.82) is 0 Å². The normalized spacial score (nSPS) is 9.85. The molecule has 20 heavy (non-hydrogen) atoms. The topological polar surface area (TPSA) is 55.4 Å². The van der Waals surface area contributed by atoms with Crippen LogP contribution < -0.4 is 5.32 Å². The van der Waals surface area contributed by atoms with Crippen LogP contribution in [-0.4, -0.2) is 12.4 Å². The maximum Gasteiger partial charge on any atom is 0.411 e. The first-order valence-electron chi connectivity index (χ1n) is 5.91. The van der Waals surface area contributed by atoms with Crippen LogP contribution >= 0.6 is 11.6 Å². The highest BCUT2D eigenvalue weighted by Crippen LogP contribution is 2.15. The van der Waals surface area contributed by atoms with Gasteiger partial charge >= 0.3 is 6.09 Å². The molecule has 0 saturated carbocycles. The molecule has 0 aliphatic rings. The lowest BCUT2D eigenvalue weighted by molar-refractivity contribution is 0.112. The second kappa shape index (κ2) is 6.73. The molecule has 0 heterocycles. The fourth-order valence-corrected chi connectivity index (χ4v) is 1.75. The Balaban J connectivity index is 1.87. The number of halogens is 1. The Labute approximate surface area is 121 Å². The summed E-state index contributed by atoms with van der Waals surface area (Å²) in [4.78, 5) is 22.1. The van der Waals surface area contributed by atoms with E-state index in [1.54, 1.807) is 48.5 Å². The van der Waals surface area contributed by atoms with E-state index in [9.17, 15) is 9.59 Å².